The Hall–Kier alpha value is -1.52. The largest absolute Gasteiger partial charge is 0.380 e. The standard InChI is InChI=1S/C12H15ClN4/c1-9(7-14)16-11-4-2-3-10(13)12(11)17-6-5-15-8-17/h2-6,8-9,16H,7,14H2,1H3. The summed E-state index contributed by atoms with van der Waals surface area (Å²) < 4.78 is 1.88. The predicted octanol–water partition coefficient (Wildman–Crippen LogP) is 2.28. The summed E-state index contributed by atoms with van der Waals surface area (Å²) in [5, 5.41) is 4.01. The van der Waals surface area contributed by atoms with Crippen molar-refractivity contribution in [2.75, 3.05) is 11.9 Å². The van der Waals surface area contributed by atoms with E-state index in [2.05, 4.69) is 10.3 Å². The van der Waals surface area contributed by atoms with Crippen LogP contribution in [0.5, 0.6) is 0 Å². The monoisotopic (exact) mass is 250 g/mol. The second kappa shape index (κ2) is 5.21. The predicted molar refractivity (Wildman–Crippen MR) is 70.7 cm³/mol. The van der Waals surface area contributed by atoms with Crippen molar-refractivity contribution in [3.05, 3.63) is 41.9 Å². The molecule has 2 rings (SSSR count). The minimum Gasteiger partial charge on any atom is -0.380 e. The molecule has 3 N–H and O–H groups in total. The summed E-state index contributed by atoms with van der Waals surface area (Å²) in [6.07, 6.45) is 5.30. The van der Waals surface area contributed by atoms with Crippen molar-refractivity contribution in [1.82, 2.24) is 9.55 Å². The van der Waals surface area contributed by atoms with Gasteiger partial charge >= 0.3 is 0 Å². The lowest BCUT2D eigenvalue weighted by Crippen LogP contribution is -2.25. The van der Waals surface area contributed by atoms with E-state index in [0.29, 0.717) is 11.6 Å². The average molecular weight is 251 g/mol. The Morgan fingerprint density at radius 1 is 1.53 bits per heavy atom. The molecule has 1 unspecified atom stereocenters. The van der Waals surface area contributed by atoms with Gasteiger partial charge < -0.3 is 15.6 Å². The van der Waals surface area contributed by atoms with Crippen molar-refractivity contribution in [2.45, 2.75) is 13.0 Å². The number of rotatable bonds is 4. The molecule has 1 aromatic heterocycles. The third-order valence-corrected chi connectivity index (χ3v) is 2.81. The molecular weight excluding hydrogens is 236 g/mol. The zero-order valence-corrected chi connectivity index (χ0v) is 10.4. The molecule has 0 bridgehead atoms. The van der Waals surface area contributed by atoms with E-state index in [4.69, 9.17) is 17.3 Å². The summed E-state index contributed by atoms with van der Waals surface area (Å²) in [4.78, 5) is 4.03. The van der Waals surface area contributed by atoms with Crippen LogP contribution >= 0.6 is 11.6 Å². The van der Waals surface area contributed by atoms with E-state index in [1.807, 2.05) is 35.9 Å². The minimum absolute atomic E-state index is 0.190. The van der Waals surface area contributed by atoms with Crippen LogP contribution in [0.4, 0.5) is 5.69 Å². The molecular formula is C12H15ClN4. The SMILES string of the molecule is CC(CN)Nc1cccc(Cl)c1-n1ccnc1. The van der Waals surface area contributed by atoms with Crippen LogP contribution in [0.1, 0.15) is 6.92 Å². The molecule has 90 valence electrons. The number of para-hydroxylation sites is 1. The number of imidazole rings is 1. The zero-order valence-electron chi connectivity index (χ0n) is 9.60. The number of aromatic nitrogens is 2. The first-order valence-electron chi connectivity index (χ1n) is 5.46. The molecule has 1 heterocycles. The van der Waals surface area contributed by atoms with Gasteiger partial charge in [-0.2, -0.15) is 0 Å². The van der Waals surface area contributed by atoms with Crippen LogP contribution < -0.4 is 11.1 Å². The van der Waals surface area contributed by atoms with Gasteiger partial charge in [-0.05, 0) is 19.1 Å². The highest BCUT2D eigenvalue weighted by Crippen LogP contribution is 2.28. The number of nitrogens with one attached hydrogen (secondary N) is 1. The Morgan fingerprint density at radius 3 is 3.00 bits per heavy atom. The molecule has 1 atom stereocenters. The zero-order chi connectivity index (χ0) is 12.3. The van der Waals surface area contributed by atoms with Gasteiger partial charge in [-0.1, -0.05) is 17.7 Å². The number of nitrogens with zero attached hydrogens (tertiary/aromatic N) is 2. The second-order valence-corrected chi connectivity index (χ2v) is 4.29. The second-order valence-electron chi connectivity index (χ2n) is 3.89. The quantitative estimate of drug-likeness (QED) is 0.875. The van der Waals surface area contributed by atoms with Crippen LogP contribution in [-0.2, 0) is 0 Å². The van der Waals surface area contributed by atoms with E-state index >= 15 is 0 Å². The van der Waals surface area contributed by atoms with Gasteiger partial charge in [0.25, 0.3) is 0 Å². The Bertz CT molecular complexity index is 481. The number of nitrogens with two attached hydrogens (primary N) is 1. The number of halogens is 1. The summed E-state index contributed by atoms with van der Waals surface area (Å²) in [6.45, 7) is 2.59. The summed E-state index contributed by atoms with van der Waals surface area (Å²) >= 11 is 6.23. The fourth-order valence-corrected chi connectivity index (χ4v) is 1.88. The fourth-order valence-electron chi connectivity index (χ4n) is 1.61. The van der Waals surface area contributed by atoms with E-state index in [1.54, 1.807) is 12.5 Å². The van der Waals surface area contributed by atoms with Crippen molar-refractivity contribution in [3.8, 4) is 5.69 Å². The summed E-state index contributed by atoms with van der Waals surface area (Å²) in [5.74, 6) is 0. The summed E-state index contributed by atoms with van der Waals surface area (Å²) in [6, 6.07) is 5.94. The molecule has 0 aliphatic heterocycles. The Morgan fingerprint density at radius 2 is 2.35 bits per heavy atom. The van der Waals surface area contributed by atoms with Gasteiger partial charge in [0, 0.05) is 25.0 Å². The molecule has 0 saturated heterocycles. The highest BCUT2D eigenvalue weighted by Gasteiger charge is 2.10. The molecule has 0 fully saturated rings. The first kappa shape index (κ1) is 12.0. The number of hydrogen-bond donors (Lipinski definition) is 2. The van der Waals surface area contributed by atoms with E-state index < -0.39 is 0 Å². The minimum atomic E-state index is 0.190. The van der Waals surface area contributed by atoms with Crippen molar-refractivity contribution in [1.29, 1.82) is 0 Å². The van der Waals surface area contributed by atoms with Crippen molar-refractivity contribution in [3.63, 3.8) is 0 Å². The molecule has 0 spiro atoms. The maximum atomic E-state index is 6.23. The van der Waals surface area contributed by atoms with Gasteiger partial charge in [0.05, 0.1) is 22.7 Å². The molecule has 4 nitrogen and oxygen atoms in total. The topological polar surface area (TPSA) is 55.9 Å². The Balaban J connectivity index is 2.42. The van der Waals surface area contributed by atoms with E-state index in [9.17, 15) is 0 Å². The smallest absolute Gasteiger partial charge is 0.0992 e. The van der Waals surface area contributed by atoms with Crippen LogP contribution in [0.15, 0.2) is 36.9 Å². The average Bonchev–Trinajstić information content (AvgIpc) is 2.82. The number of benzene rings is 1. The van der Waals surface area contributed by atoms with Crippen molar-refractivity contribution < 1.29 is 0 Å². The van der Waals surface area contributed by atoms with Crippen LogP contribution in [0.2, 0.25) is 5.02 Å². The highest BCUT2D eigenvalue weighted by atomic mass is 35.5. The highest BCUT2D eigenvalue weighted by molar-refractivity contribution is 6.33. The van der Waals surface area contributed by atoms with E-state index in [0.717, 1.165) is 11.4 Å². The molecule has 0 aliphatic rings. The van der Waals surface area contributed by atoms with Gasteiger partial charge in [-0.3, -0.25) is 0 Å². The van der Waals surface area contributed by atoms with Crippen LogP contribution in [0.3, 0.4) is 0 Å². The summed E-state index contributed by atoms with van der Waals surface area (Å²) in [5.41, 5.74) is 7.46. The molecule has 0 amide bonds. The lowest BCUT2D eigenvalue weighted by molar-refractivity contribution is 0.802. The molecule has 0 aliphatic carbocycles. The lowest BCUT2D eigenvalue weighted by atomic mass is 10.2. The lowest BCUT2D eigenvalue weighted by Gasteiger charge is -2.17. The third-order valence-electron chi connectivity index (χ3n) is 2.50. The first-order valence-corrected chi connectivity index (χ1v) is 5.83. The first-order chi connectivity index (χ1) is 8.22. The summed E-state index contributed by atoms with van der Waals surface area (Å²) in [7, 11) is 0. The van der Waals surface area contributed by atoms with Crippen LogP contribution in [0, 0.1) is 0 Å². The van der Waals surface area contributed by atoms with Gasteiger partial charge in [-0.25, -0.2) is 4.98 Å². The van der Waals surface area contributed by atoms with Gasteiger partial charge in [0.15, 0.2) is 0 Å². The van der Waals surface area contributed by atoms with Crippen molar-refractivity contribution in [2.24, 2.45) is 5.73 Å². The number of hydrogen-bond acceptors (Lipinski definition) is 3. The molecule has 1 aromatic carbocycles. The van der Waals surface area contributed by atoms with Gasteiger partial charge in [-0.15, -0.1) is 0 Å². The van der Waals surface area contributed by atoms with Gasteiger partial charge in [0.2, 0.25) is 0 Å². The molecule has 2 aromatic rings. The molecule has 17 heavy (non-hydrogen) atoms. The Kier molecular flexibility index (Phi) is 3.66. The van der Waals surface area contributed by atoms with E-state index in [1.165, 1.54) is 0 Å². The molecule has 0 radical (unpaired) electrons. The third kappa shape index (κ3) is 2.60. The number of anilines is 1. The normalized spacial score (nSPS) is 12.4. The van der Waals surface area contributed by atoms with Gasteiger partial charge in [0.1, 0.15) is 0 Å². The fraction of sp³-hybridized carbons (Fsp3) is 0.250. The molecule has 5 heteroatoms. The maximum absolute atomic E-state index is 6.23. The maximum Gasteiger partial charge on any atom is 0.0992 e. The van der Waals surface area contributed by atoms with Crippen LogP contribution in [-0.4, -0.2) is 22.1 Å². The van der Waals surface area contributed by atoms with E-state index in [-0.39, 0.29) is 6.04 Å². The molecule has 0 saturated carbocycles. The van der Waals surface area contributed by atoms with Crippen molar-refractivity contribution >= 4 is 17.3 Å². The van der Waals surface area contributed by atoms with Crippen LogP contribution in [0.25, 0.3) is 5.69 Å². The Labute approximate surface area is 105 Å².